The van der Waals surface area contributed by atoms with Gasteiger partial charge in [0.05, 0.1) is 11.6 Å². The lowest BCUT2D eigenvalue weighted by molar-refractivity contribution is -0.126. The third-order valence-electron chi connectivity index (χ3n) is 4.37. The molecule has 3 rings (SSSR count). The molecule has 0 spiro atoms. The van der Waals surface area contributed by atoms with E-state index in [2.05, 4.69) is 5.32 Å². The number of likely N-dealkylation sites (N-methyl/N-ethyl adjacent to an activating group) is 1. The number of hydrogen-bond acceptors (Lipinski definition) is 6. The maximum absolute atomic E-state index is 12.3. The van der Waals surface area contributed by atoms with E-state index in [0.717, 1.165) is 6.42 Å². The third kappa shape index (κ3) is 3.92. The summed E-state index contributed by atoms with van der Waals surface area (Å²) in [5.74, 6) is -0.591. The monoisotopic (exact) mass is 348 g/mol. The highest BCUT2D eigenvalue weighted by atomic mass is 16.5. The van der Waals surface area contributed by atoms with E-state index in [1.165, 1.54) is 0 Å². The molecule has 136 valence electrons. The zero-order valence-corrected chi connectivity index (χ0v) is 14.5. The summed E-state index contributed by atoms with van der Waals surface area (Å²) in [7, 11) is 3.88. The zero-order valence-electron chi connectivity index (χ0n) is 14.5. The van der Waals surface area contributed by atoms with Crippen molar-refractivity contribution >= 4 is 22.7 Å². The van der Waals surface area contributed by atoms with Crippen molar-refractivity contribution < 1.29 is 13.9 Å². The quantitative estimate of drug-likeness (QED) is 0.792. The second-order valence-corrected chi connectivity index (χ2v) is 6.55. The standard InChI is InChI=1S/C17H24N4O4/c1-20(2)7-8-21-13-9-11(3-5-14(13)25-17(21)23)19-16(22)15-6-4-12(10-18)24-15/h3,5,9,12,15H,4,6-8,10,18H2,1-2H3,(H,19,22)/t12-,15+/m1/s1. The highest BCUT2D eigenvalue weighted by molar-refractivity contribution is 5.95. The van der Waals surface area contributed by atoms with Crippen molar-refractivity contribution in [2.75, 3.05) is 32.5 Å². The molecule has 0 saturated carbocycles. The summed E-state index contributed by atoms with van der Waals surface area (Å²) in [5, 5.41) is 2.85. The number of carbonyl (C=O) groups excluding carboxylic acids is 1. The number of carbonyl (C=O) groups is 1. The molecule has 8 nitrogen and oxygen atoms in total. The molecule has 0 bridgehead atoms. The van der Waals surface area contributed by atoms with Crippen LogP contribution >= 0.6 is 0 Å². The Labute approximate surface area is 145 Å². The van der Waals surface area contributed by atoms with Gasteiger partial charge in [-0.15, -0.1) is 0 Å². The Bertz CT molecular complexity index is 811. The number of oxazole rings is 1. The first-order chi connectivity index (χ1) is 12.0. The number of ether oxygens (including phenoxy) is 1. The Balaban J connectivity index is 1.77. The summed E-state index contributed by atoms with van der Waals surface area (Å²) in [6, 6.07) is 5.16. The van der Waals surface area contributed by atoms with Crippen LogP contribution in [0.4, 0.5) is 5.69 Å². The van der Waals surface area contributed by atoms with Crippen LogP contribution in [-0.4, -0.2) is 54.8 Å². The zero-order chi connectivity index (χ0) is 18.0. The van der Waals surface area contributed by atoms with Crippen LogP contribution in [0.1, 0.15) is 12.8 Å². The van der Waals surface area contributed by atoms with Gasteiger partial charge in [-0.1, -0.05) is 0 Å². The molecule has 1 saturated heterocycles. The fourth-order valence-electron chi connectivity index (χ4n) is 2.95. The minimum atomic E-state index is -0.482. The molecule has 0 aliphatic carbocycles. The van der Waals surface area contributed by atoms with Crippen molar-refractivity contribution in [2.24, 2.45) is 5.73 Å². The van der Waals surface area contributed by atoms with Crippen molar-refractivity contribution in [1.29, 1.82) is 0 Å². The number of rotatable bonds is 6. The topological polar surface area (TPSA) is 103 Å². The summed E-state index contributed by atoms with van der Waals surface area (Å²) in [6.45, 7) is 1.64. The average Bonchev–Trinajstić information content (AvgIpc) is 3.16. The van der Waals surface area contributed by atoms with E-state index >= 15 is 0 Å². The molecule has 2 heterocycles. The Kier molecular flexibility index (Phi) is 5.22. The van der Waals surface area contributed by atoms with Crippen LogP contribution in [-0.2, 0) is 16.1 Å². The van der Waals surface area contributed by atoms with E-state index in [1.54, 1.807) is 22.8 Å². The van der Waals surface area contributed by atoms with Gasteiger partial charge in [0, 0.05) is 25.3 Å². The maximum Gasteiger partial charge on any atom is 0.419 e. The van der Waals surface area contributed by atoms with Crippen LogP contribution < -0.4 is 16.8 Å². The van der Waals surface area contributed by atoms with E-state index in [4.69, 9.17) is 14.9 Å². The number of nitrogens with zero attached hydrogens (tertiary/aromatic N) is 2. The van der Waals surface area contributed by atoms with Gasteiger partial charge >= 0.3 is 5.76 Å². The van der Waals surface area contributed by atoms with Crippen LogP contribution in [0.2, 0.25) is 0 Å². The summed E-state index contributed by atoms with van der Waals surface area (Å²) in [6.07, 6.45) is 0.919. The number of nitrogens with one attached hydrogen (secondary N) is 1. The Morgan fingerprint density at radius 1 is 1.40 bits per heavy atom. The molecular weight excluding hydrogens is 324 g/mol. The molecule has 3 N–H and O–H groups in total. The minimum Gasteiger partial charge on any atom is -0.408 e. The lowest BCUT2D eigenvalue weighted by atomic mass is 10.2. The highest BCUT2D eigenvalue weighted by Gasteiger charge is 2.29. The molecule has 1 amide bonds. The van der Waals surface area contributed by atoms with E-state index in [9.17, 15) is 9.59 Å². The molecule has 1 aromatic heterocycles. The predicted molar refractivity (Wildman–Crippen MR) is 94.6 cm³/mol. The Morgan fingerprint density at radius 3 is 2.88 bits per heavy atom. The van der Waals surface area contributed by atoms with Crippen LogP contribution in [0.5, 0.6) is 0 Å². The Hall–Kier alpha value is -2.16. The average molecular weight is 348 g/mol. The number of hydrogen-bond donors (Lipinski definition) is 2. The second kappa shape index (κ2) is 7.38. The van der Waals surface area contributed by atoms with Crippen molar-refractivity contribution in [3.05, 3.63) is 28.7 Å². The normalized spacial score (nSPS) is 20.5. The van der Waals surface area contributed by atoms with Gasteiger partial charge in [-0.25, -0.2) is 4.79 Å². The first-order valence-electron chi connectivity index (χ1n) is 8.42. The first-order valence-corrected chi connectivity index (χ1v) is 8.42. The van der Waals surface area contributed by atoms with Gasteiger partial charge in [-0.2, -0.15) is 0 Å². The van der Waals surface area contributed by atoms with Gasteiger partial charge in [-0.3, -0.25) is 9.36 Å². The fraction of sp³-hybridized carbons (Fsp3) is 0.529. The van der Waals surface area contributed by atoms with Gasteiger partial charge in [0.1, 0.15) is 6.10 Å². The van der Waals surface area contributed by atoms with Crippen LogP contribution in [0.3, 0.4) is 0 Å². The van der Waals surface area contributed by atoms with Crippen LogP contribution in [0, 0.1) is 0 Å². The van der Waals surface area contributed by atoms with Crippen molar-refractivity contribution in [2.45, 2.75) is 31.6 Å². The molecule has 2 aromatic rings. The molecule has 1 aliphatic rings. The molecule has 8 heteroatoms. The molecule has 0 unspecified atom stereocenters. The SMILES string of the molecule is CN(C)CCn1c(=O)oc2ccc(NC(=O)[C@@H]3CC[C@H](CN)O3)cc21. The van der Waals surface area contributed by atoms with Gasteiger partial charge in [0.2, 0.25) is 0 Å². The van der Waals surface area contributed by atoms with Crippen LogP contribution in [0.25, 0.3) is 11.1 Å². The number of nitrogens with two attached hydrogens (primary N) is 1. The number of aromatic nitrogens is 1. The summed E-state index contributed by atoms with van der Waals surface area (Å²) in [5.41, 5.74) is 7.35. The van der Waals surface area contributed by atoms with Crippen molar-refractivity contribution in [1.82, 2.24) is 9.47 Å². The maximum atomic E-state index is 12.3. The van der Waals surface area contributed by atoms with Crippen LogP contribution in [0.15, 0.2) is 27.4 Å². The molecule has 25 heavy (non-hydrogen) atoms. The number of fused-ring (bicyclic) bond motifs is 1. The summed E-state index contributed by atoms with van der Waals surface area (Å²) >= 11 is 0. The van der Waals surface area contributed by atoms with Crippen molar-refractivity contribution in [3.8, 4) is 0 Å². The molecule has 1 aromatic carbocycles. The van der Waals surface area contributed by atoms with E-state index in [0.29, 0.717) is 42.8 Å². The highest BCUT2D eigenvalue weighted by Crippen LogP contribution is 2.22. The fourth-order valence-corrected chi connectivity index (χ4v) is 2.95. The smallest absolute Gasteiger partial charge is 0.408 e. The number of anilines is 1. The predicted octanol–water partition coefficient (Wildman–Crippen LogP) is 0.601. The molecular formula is C17H24N4O4. The first kappa shape index (κ1) is 17.7. The van der Waals surface area contributed by atoms with Gasteiger partial charge in [0.15, 0.2) is 5.58 Å². The number of amides is 1. The molecule has 0 radical (unpaired) electrons. The van der Waals surface area contributed by atoms with Crippen molar-refractivity contribution in [3.63, 3.8) is 0 Å². The second-order valence-electron chi connectivity index (χ2n) is 6.55. The Morgan fingerprint density at radius 2 is 2.20 bits per heavy atom. The van der Waals surface area contributed by atoms with Gasteiger partial charge in [-0.05, 0) is 45.1 Å². The van der Waals surface area contributed by atoms with Gasteiger partial charge in [0.25, 0.3) is 5.91 Å². The lowest BCUT2D eigenvalue weighted by Crippen LogP contribution is -2.29. The summed E-state index contributed by atoms with van der Waals surface area (Å²) < 4.78 is 12.4. The minimum absolute atomic E-state index is 0.0525. The van der Waals surface area contributed by atoms with E-state index in [1.807, 2.05) is 19.0 Å². The van der Waals surface area contributed by atoms with E-state index in [-0.39, 0.29) is 12.0 Å². The molecule has 1 fully saturated rings. The van der Waals surface area contributed by atoms with E-state index < -0.39 is 11.9 Å². The third-order valence-corrected chi connectivity index (χ3v) is 4.37. The lowest BCUT2D eigenvalue weighted by Gasteiger charge is -2.13. The molecule has 1 aliphatic heterocycles. The number of benzene rings is 1. The molecule has 2 atom stereocenters. The largest absolute Gasteiger partial charge is 0.419 e. The van der Waals surface area contributed by atoms with Gasteiger partial charge < -0.3 is 25.1 Å². The summed E-state index contributed by atoms with van der Waals surface area (Å²) in [4.78, 5) is 26.4.